The molecule has 1 heterocycles. The third kappa shape index (κ3) is 3.57. The first-order valence-corrected chi connectivity index (χ1v) is 6.27. The lowest BCUT2D eigenvalue weighted by atomic mass is 9.92. The van der Waals surface area contributed by atoms with E-state index in [4.69, 9.17) is 0 Å². The van der Waals surface area contributed by atoms with Crippen molar-refractivity contribution < 1.29 is 4.79 Å². The van der Waals surface area contributed by atoms with Crippen LogP contribution < -0.4 is 10.6 Å². The molecule has 1 atom stereocenters. The third-order valence-corrected chi connectivity index (χ3v) is 3.96. The minimum Gasteiger partial charge on any atom is -0.355 e. The van der Waals surface area contributed by atoms with E-state index in [0.29, 0.717) is 11.3 Å². The van der Waals surface area contributed by atoms with Gasteiger partial charge in [0.05, 0.1) is 0 Å². The smallest absolute Gasteiger partial charge is 0.223 e. The van der Waals surface area contributed by atoms with E-state index < -0.39 is 0 Å². The molecule has 0 aromatic carbocycles. The van der Waals surface area contributed by atoms with Gasteiger partial charge in [-0.15, -0.1) is 12.4 Å². The van der Waals surface area contributed by atoms with Gasteiger partial charge in [-0.1, -0.05) is 0 Å². The monoisotopic (exact) mass is 261 g/mol. The zero-order valence-corrected chi connectivity index (χ0v) is 11.6. The third-order valence-electron chi connectivity index (χ3n) is 3.96. The standard InChI is InChI=1S/C12H23N3O.ClH/c1-15(2)8-7-14-11(16)10-9-12(10)3-5-13-6-4-12;/h10,13H,3-9H2,1-2H3,(H,14,16);1H. The molecule has 2 aliphatic rings. The lowest BCUT2D eigenvalue weighted by molar-refractivity contribution is -0.123. The van der Waals surface area contributed by atoms with E-state index in [2.05, 4.69) is 15.5 Å². The van der Waals surface area contributed by atoms with Crippen LogP contribution in [0.1, 0.15) is 19.3 Å². The predicted octanol–water partition coefficient (Wildman–Crippen LogP) is 0.476. The summed E-state index contributed by atoms with van der Waals surface area (Å²) in [4.78, 5) is 14.0. The molecule has 0 bridgehead atoms. The number of nitrogens with zero attached hydrogens (tertiary/aromatic N) is 1. The number of rotatable bonds is 4. The van der Waals surface area contributed by atoms with E-state index in [0.717, 1.165) is 32.6 Å². The fourth-order valence-corrected chi connectivity index (χ4v) is 2.72. The minimum atomic E-state index is 0. The number of carbonyl (C=O) groups is 1. The number of carbonyl (C=O) groups excluding carboxylic acids is 1. The number of hydrogen-bond donors (Lipinski definition) is 2. The summed E-state index contributed by atoms with van der Waals surface area (Å²) >= 11 is 0. The number of hydrogen-bond acceptors (Lipinski definition) is 3. The SMILES string of the molecule is CN(C)CCNC(=O)C1CC12CCNCC2.Cl. The second kappa shape index (κ2) is 6.03. The molecule has 2 fully saturated rings. The Hall–Kier alpha value is -0.320. The van der Waals surface area contributed by atoms with Crippen molar-refractivity contribution in [2.45, 2.75) is 19.3 Å². The van der Waals surface area contributed by atoms with Crippen LogP contribution in [0.5, 0.6) is 0 Å². The summed E-state index contributed by atoms with van der Waals surface area (Å²) in [5.74, 6) is 0.584. The maximum Gasteiger partial charge on any atom is 0.223 e. The zero-order chi connectivity index (χ0) is 11.6. The first-order chi connectivity index (χ1) is 7.64. The first-order valence-electron chi connectivity index (χ1n) is 6.27. The lowest BCUT2D eigenvalue weighted by Gasteiger charge is -2.23. The fraction of sp³-hybridized carbons (Fsp3) is 0.917. The van der Waals surface area contributed by atoms with Crippen molar-refractivity contribution in [3.8, 4) is 0 Å². The zero-order valence-electron chi connectivity index (χ0n) is 10.8. The molecule has 2 N–H and O–H groups in total. The summed E-state index contributed by atoms with van der Waals surface area (Å²) in [5, 5.41) is 6.41. The van der Waals surface area contributed by atoms with Gasteiger partial charge in [-0.3, -0.25) is 4.79 Å². The number of piperidine rings is 1. The van der Waals surface area contributed by atoms with Crippen LogP contribution >= 0.6 is 12.4 Å². The van der Waals surface area contributed by atoms with Crippen LogP contribution in [0.2, 0.25) is 0 Å². The van der Waals surface area contributed by atoms with Gasteiger partial charge in [0.15, 0.2) is 0 Å². The highest BCUT2D eigenvalue weighted by Gasteiger charge is 2.57. The van der Waals surface area contributed by atoms with Gasteiger partial charge in [-0.2, -0.15) is 0 Å². The van der Waals surface area contributed by atoms with Crippen molar-refractivity contribution in [1.82, 2.24) is 15.5 Å². The number of amides is 1. The Morgan fingerprint density at radius 2 is 2.06 bits per heavy atom. The summed E-state index contributed by atoms with van der Waals surface area (Å²) < 4.78 is 0. The second-order valence-electron chi connectivity index (χ2n) is 5.46. The Morgan fingerprint density at radius 3 is 2.65 bits per heavy atom. The van der Waals surface area contributed by atoms with Crippen molar-refractivity contribution in [3.63, 3.8) is 0 Å². The molecule has 1 amide bonds. The molecule has 1 aliphatic heterocycles. The van der Waals surface area contributed by atoms with Gasteiger partial charge in [-0.05, 0) is 51.9 Å². The molecule has 0 aromatic heterocycles. The van der Waals surface area contributed by atoms with E-state index in [1.165, 1.54) is 12.8 Å². The normalized spacial score (nSPS) is 25.5. The van der Waals surface area contributed by atoms with E-state index in [9.17, 15) is 4.79 Å². The van der Waals surface area contributed by atoms with E-state index in [1.54, 1.807) is 0 Å². The Kier molecular flexibility index (Phi) is 5.22. The highest BCUT2D eigenvalue weighted by atomic mass is 35.5. The molecule has 4 nitrogen and oxygen atoms in total. The van der Waals surface area contributed by atoms with Crippen LogP contribution in [0.4, 0.5) is 0 Å². The van der Waals surface area contributed by atoms with Crippen molar-refractivity contribution in [2.24, 2.45) is 11.3 Å². The Balaban J connectivity index is 0.00000144. The van der Waals surface area contributed by atoms with Gasteiger partial charge in [-0.25, -0.2) is 0 Å². The molecule has 1 aliphatic carbocycles. The van der Waals surface area contributed by atoms with Crippen LogP contribution in [0, 0.1) is 11.3 Å². The largest absolute Gasteiger partial charge is 0.355 e. The molecule has 1 unspecified atom stereocenters. The molecule has 2 rings (SSSR count). The number of nitrogens with one attached hydrogen (secondary N) is 2. The number of halogens is 1. The summed E-state index contributed by atoms with van der Waals surface area (Å²) in [6.07, 6.45) is 3.47. The topological polar surface area (TPSA) is 44.4 Å². The van der Waals surface area contributed by atoms with Gasteiger partial charge in [0.2, 0.25) is 5.91 Å². The summed E-state index contributed by atoms with van der Waals surface area (Å²) in [7, 11) is 4.05. The average molecular weight is 262 g/mol. The Bertz CT molecular complexity index is 264. The first kappa shape index (κ1) is 14.7. The van der Waals surface area contributed by atoms with E-state index in [-0.39, 0.29) is 18.3 Å². The van der Waals surface area contributed by atoms with E-state index >= 15 is 0 Å². The molecule has 1 spiro atoms. The average Bonchev–Trinajstić information content (AvgIpc) is 2.92. The van der Waals surface area contributed by atoms with Gasteiger partial charge < -0.3 is 15.5 Å². The quantitative estimate of drug-likeness (QED) is 0.774. The van der Waals surface area contributed by atoms with Crippen LogP contribution in [0.25, 0.3) is 0 Å². The maximum absolute atomic E-state index is 11.9. The molecule has 0 aromatic rings. The van der Waals surface area contributed by atoms with Crippen molar-refractivity contribution in [3.05, 3.63) is 0 Å². The summed E-state index contributed by atoms with van der Waals surface area (Å²) in [6.45, 7) is 3.87. The highest BCUT2D eigenvalue weighted by Crippen LogP contribution is 2.58. The van der Waals surface area contributed by atoms with Gasteiger partial charge in [0.25, 0.3) is 0 Å². The van der Waals surface area contributed by atoms with Crippen molar-refractivity contribution >= 4 is 18.3 Å². The minimum absolute atomic E-state index is 0. The predicted molar refractivity (Wildman–Crippen MR) is 71.5 cm³/mol. The van der Waals surface area contributed by atoms with Crippen molar-refractivity contribution in [1.29, 1.82) is 0 Å². The van der Waals surface area contributed by atoms with E-state index in [1.807, 2.05) is 14.1 Å². The van der Waals surface area contributed by atoms with Crippen LogP contribution in [-0.2, 0) is 4.79 Å². The van der Waals surface area contributed by atoms with Crippen LogP contribution in [0.15, 0.2) is 0 Å². The van der Waals surface area contributed by atoms with Crippen LogP contribution in [0.3, 0.4) is 0 Å². The van der Waals surface area contributed by atoms with Gasteiger partial charge >= 0.3 is 0 Å². The van der Waals surface area contributed by atoms with Crippen molar-refractivity contribution in [2.75, 3.05) is 40.3 Å². The van der Waals surface area contributed by atoms with Gasteiger partial charge in [0.1, 0.15) is 0 Å². The van der Waals surface area contributed by atoms with Crippen LogP contribution in [-0.4, -0.2) is 51.1 Å². The lowest BCUT2D eigenvalue weighted by Crippen LogP contribution is -2.36. The molecular weight excluding hydrogens is 238 g/mol. The molecule has 1 saturated carbocycles. The fourth-order valence-electron chi connectivity index (χ4n) is 2.72. The molecule has 17 heavy (non-hydrogen) atoms. The molecule has 1 saturated heterocycles. The second-order valence-corrected chi connectivity index (χ2v) is 5.46. The highest BCUT2D eigenvalue weighted by molar-refractivity contribution is 5.85. The molecule has 0 radical (unpaired) electrons. The number of likely N-dealkylation sites (N-methyl/N-ethyl adjacent to an activating group) is 1. The molecular formula is C12H24ClN3O. The molecule has 5 heteroatoms. The summed E-state index contributed by atoms with van der Waals surface area (Å²) in [5.41, 5.74) is 0.369. The summed E-state index contributed by atoms with van der Waals surface area (Å²) in [6, 6.07) is 0. The Morgan fingerprint density at radius 1 is 1.41 bits per heavy atom. The molecule has 100 valence electrons. The maximum atomic E-state index is 11.9. The Labute approximate surface area is 110 Å². The van der Waals surface area contributed by atoms with Gasteiger partial charge in [0, 0.05) is 19.0 Å².